The lowest BCUT2D eigenvalue weighted by Crippen LogP contribution is -2.22. The topological polar surface area (TPSA) is 12.0 Å². The number of halogens is 1. The summed E-state index contributed by atoms with van der Waals surface area (Å²) in [6.45, 7) is 5.32. The fourth-order valence-electron chi connectivity index (χ4n) is 2.29. The van der Waals surface area contributed by atoms with E-state index >= 15 is 0 Å². The van der Waals surface area contributed by atoms with E-state index < -0.39 is 0 Å². The second-order valence-electron chi connectivity index (χ2n) is 4.75. The average Bonchev–Trinajstić information content (AvgIpc) is 2.91. The van der Waals surface area contributed by atoms with Gasteiger partial charge >= 0.3 is 0 Å². The molecule has 3 heteroatoms. The summed E-state index contributed by atoms with van der Waals surface area (Å²) in [5, 5.41) is 5.76. The molecular weight excluding hydrogens is 318 g/mol. The number of nitrogens with one attached hydrogen (secondary N) is 1. The summed E-state index contributed by atoms with van der Waals surface area (Å²) in [7, 11) is 0. The highest BCUT2D eigenvalue weighted by Gasteiger charge is 2.14. The maximum atomic E-state index is 3.68. The molecule has 0 bridgehead atoms. The monoisotopic (exact) mass is 337 g/mol. The van der Waals surface area contributed by atoms with Gasteiger partial charge in [-0.3, -0.25) is 0 Å². The van der Waals surface area contributed by atoms with Crippen molar-refractivity contribution >= 4 is 27.3 Å². The number of hydrogen-bond acceptors (Lipinski definition) is 2. The van der Waals surface area contributed by atoms with E-state index in [4.69, 9.17) is 0 Å². The highest BCUT2D eigenvalue weighted by atomic mass is 79.9. The molecule has 1 aromatic carbocycles. The predicted octanol–water partition coefficient (Wildman–Crippen LogP) is 5.10. The van der Waals surface area contributed by atoms with Crippen LogP contribution in [0.3, 0.4) is 0 Å². The Balaban J connectivity index is 2.12. The highest BCUT2D eigenvalue weighted by molar-refractivity contribution is 9.10. The summed E-state index contributed by atoms with van der Waals surface area (Å²) in [5.41, 5.74) is 2.69. The molecular formula is C16H20BrNS. The first-order valence-electron chi connectivity index (χ1n) is 6.72. The minimum Gasteiger partial charge on any atom is -0.310 e. The molecule has 102 valence electrons. The molecule has 1 atom stereocenters. The molecule has 0 aliphatic rings. The summed E-state index contributed by atoms with van der Waals surface area (Å²) >= 11 is 5.53. The molecule has 2 aromatic rings. The van der Waals surface area contributed by atoms with Crippen LogP contribution in [0.2, 0.25) is 0 Å². The van der Waals surface area contributed by atoms with Gasteiger partial charge in [0.2, 0.25) is 0 Å². The van der Waals surface area contributed by atoms with Crippen LogP contribution in [0, 0.1) is 6.92 Å². The third-order valence-corrected chi connectivity index (χ3v) is 4.90. The van der Waals surface area contributed by atoms with Crippen LogP contribution in [0.1, 0.15) is 35.4 Å². The molecule has 0 aliphatic heterocycles. The molecule has 0 aliphatic carbocycles. The van der Waals surface area contributed by atoms with Crippen LogP contribution >= 0.6 is 27.3 Å². The van der Waals surface area contributed by atoms with Gasteiger partial charge < -0.3 is 5.32 Å². The first kappa shape index (κ1) is 14.8. The minimum atomic E-state index is 0.418. The van der Waals surface area contributed by atoms with Crippen LogP contribution in [0.25, 0.3) is 0 Å². The van der Waals surface area contributed by atoms with Gasteiger partial charge in [-0.2, -0.15) is 0 Å². The fourth-order valence-corrected chi connectivity index (χ4v) is 3.53. The summed E-state index contributed by atoms with van der Waals surface area (Å²) in [6.07, 6.45) is 2.27. The lowest BCUT2D eigenvalue weighted by Gasteiger charge is -2.20. The van der Waals surface area contributed by atoms with Gasteiger partial charge in [0, 0.05) is 15.4 Å². The van der Waals surface area contributed by atoms with Crippen molar-refractivity contribution in [2.75, 3.05) is 6.54 Å². The predicted molar refractivity (Wildman–Crippen MR) is 87.9 cm³/mol. The molecule has 0 spiro atoms. The third kappa shape index (κ3) is 4.16. The molecule has 1 N–H and O–H groups in total. The van der Waals surface area contributed by atoms with Gasteiger partial charge in [-0.05, 0) is 49.4 Å². The fraction of sp³-hybridized carbons (Fsp3) is 0.375. The zero-order valence-corrected chi connectivity index (χ0v) is 13.9. The largest absolute Gasteiger partial charge is 0.310 e. The normalized spacial score (nSPS) is 12.6. The highest BCUT2D eigenvalue weighted by Crippen LogP contribution is 2.28. The molecule has 0 saturated carbocycles. The van der Waals surface area contributed by atoms with Crippen molar-refractivity contribution in [2.45, 2.75) is 32.7 Å². The Hall–Kier alpha value is -0.640. The quantitative estimate of drug-likeness (QED) is 0.772. The smallest absolute Gasteiger partial charge is 0.0334 e. The van der Waals surface area contributed by atoms with Gasteiger partial charge in [0.05, 0.1) is 0 Å². The number of thiophene rings is 1. The van der Waals surface area contributed by atoms with Gasteiger partial charge in [-0.25, -0.2) is 0 Å². The van der Waals surface area contributed by atoms with E-state index in [1.54, 1.807) is 0 Å². The van der Waals surface area contributed by atoms with Crippen molar-refractivity contribution in [3.05, 3.63) is 56.2 Å². The van der Waals surface area contributed by atoms with Crippen LogP contribution in [-0.4, -0.2) is 6.54 Å². The van der Waals surface area contributed by atoms with E-state index in [0.29, 0.717) is 6.04 Å². The molecule has 0 saturated heterocycles. The van der Waals surface area contributed by atoms with Crippen LogP contribution in [0.5, 0.6) is 0 Å². The molecule has 2 rings (SSSR count). The zero-order chi connectivity index (χ0) is 13.7. The number of benzene rings is 1. The molecule has 1 unspecified atom stereocenters. The van der Waals surface area contributed by atoms with Crippen LogP contribution in [0.15, 0.2) is 40.2 Å². The Labute approximate surface area is 128 Å². The van der Waals surface area contributed by atoms with Crippen molar-refractivity contribution in [2.24, 2.45) is 0 Å². The summed E-state index contributed by atoms with van der Waals surface area (Å²) < 4.78 is 1.20. The van der Waals surface area contributed by atoms with E-state index in [-0.39, 0.29) is 0 Å². The van der Waals surface area contributed by atoms with Crippen molar-refractivity contribution in [3.63, 3.8) is 0 Å². The molecule has 0 amide bonds. The van der Waals surface area contributed by atoms with Gasteiger partial charge in [0.25, 0.3) is 0 Å². The molecule has 0 radical (unpaired) electrons. The van der Waals surface area contributed by atoms with Gasteiger partial charge in [-0.15, -0.1) is 11.3 Å². The summed E-state index contributed by atoms with van der Waals surface area (Å²) in [4.78, 5) is 1.46. The standard InChI is InChI=1S/C16H20BrNS/c1-3-18-16(9-7-13-5-4-10-19-13)14-11-12(2)6-8-15(14)17/h4-6,8,10-11,16,18H,3,7,9H2,1-2H3. The van der Waals surface area contributed by atoms with Crippen LogP contribution in [-0.2, 0) is 6.42 Å². The molecule has 0 fully saturated rings. The minimum absolute atomic E-state index is 0.418. The molecule has 1 nitrogen and oxygen atoms in total. The van der Waals surface area contributed by atoms with Crippen molar-refractivity contribution in [1.82, 2.24) is 5.32 Å². The Morgan fingerprint density at radius 3 is 2.84 bits per heavy atom. The van der Waals surface area contributed by atoms with Gasteiger partial charge in [-0.1, -0.05) is 46.6 Å². The number of rotatable bonds is 6. The first-order valence-corrected chi connectivity index (χ1v) is 8.39. The van der Waals surface area contributed by atoms with Crippen molar-refractivity contribution in [1.29, 1.82) is 0 Å². The second kappa shape index (κ2) is 7.22. The third-order valence-electron chi connectivity index (χ3n) is 3.24. The Morgan fingerprint density at radius 2 is 2.16 bits per heavy atom. The Bertz CT molecular complexity index is 507. The van der Waals surface area contributed by atoms with Gasteiger partial charge in [0.1, 0.15) is 0 Å². The Kier molecular flexibility index (Phi) is 5.61. The van der Waals surface area contributed by atoms with E-state index in [0.717, 1.165) is 19.4 Å². The summed E-state index contributed by atoms with van der Waals surface area (Å²) in [5.74, 6) is 0. The lowest BCUT2D eigenvalue weighted by molar-refractivity contribution is 0.515. The van der Waals surface area contributed by atoms with Crippen molar-refractivity contribution in [3.8, 4) is 0 Å². The van der Waals surface area contributed by atoms with Crippen LogP contribution < -0.4 is 5.32 Å². The van der Waals surface area contributed by atoms with E-state index in [1.165, 1.54) is 20.5 Å². The summed E-state index contributed by atoms with van der Waals surface area (Å²) in [6, 6.07) is 11.4. The van der Waals surface area contributed by atoms with Crippen molar-refractivity contribution < 1.29 is 0 Å². The Morgan fingerprint density at radius 1 is 1.32 bits per heavy atom. The second-order valence-corrected chi connectivity index (χ2v) is 6.64. The lowest BCUT2D eigenvalue weighted by atomic mass is 9.99. The number of hydrogen-bond donors (Lipinski definition) is 1. The van der Waals surface area contributed by atoms with Gasteiger partial charge in [0.15, 0.2) is 0 Å². The van der Waals surface area contributed by atoms with E-state index in [9.17, 15) is 0 Å². The molecule has 1 heterocycles. The zero-order valence-electron chi connectivity index (χ0n) is 11.4. The van der Waals surface area contributed by atoms with E-state index in [1.807, 2.05) is 11.3 Å². The average molecular weight is 338 g/mol. The maximum Gasteiger partial charge on any atom is 0.0334 e. The van der Waals surface area contributed by atoms with Crippen LogP contribution in [0.4, 0.5) is 0 Å². The SMILES string of the molecule is CCNC(CCc1cccs1)c1cc(C)ccc1Br. The first-order chi connectivity index (χ1) is 9.20. The molecule has 1 aromatic heterocycles. The molecule has 19 heavy (non-hydrogen) atoms. The maximum absolute atomic E-state index is 3.68. The number of aryl methyl sites for hydroxylation is 2. The van der Waals surface area contributed by atoms with E-state index in [2.05, 4.69) is 70.8 Å².